The molecule has 25 heavy (non-hydrogen) atoms. The van der Waals surface area contributed by atoms with Crippen molar-refractivity contribution >= 4 is 28.1 Å². The first kappa shape index (κ1) is 15.7. The number of para-hydroxylation sites is 1. The van der Waals surface area contributed by atoms with E-state index in [1.54, 1.807) is 0 Å². The highest BCUT2D eigenvalue weighted by Crippen LogP contribution is 2.28. The Morgan fingerprint density at radius 3 is 2.68 bits per heavy atom. The van der Waals surface area contributed by atoms with Crippen molar-refractivity contribution in [2.24, 2.45) is 0 Å². The molecule has 0 fully saturated rings. The van der Waals surface area contributed by atoms with Crippen LogP contribution < -0.4 is 5.32 Å². The van der Waals surface area contributed by atoms with Gasteiger partial charge in [-0.25, -0.2) is 0 Å². The lowest BCUT2D eigenvalue weighted by molar-refractivity contribution is 0.0955. The van der Waals surface area contributed by atoms with Gasteiger partial charge in [-0.15, -0.1) is 11.3 Å². The van der Waals surface area contributed by atoms with Crippen molar-refractivity contribution in [2.75, 3.05) is 0 Å². The highest BCUT2D eigenvalue weighted by atomic mass is 32.1. The van der Waals surface area contributed by atoms with E-state index in [4.69, 9.17) is 0 Å². The van der Waals surface area contributed by atoms with Crippen LogP contribution in [0.1, 0.15) is 20.9 Å². The van der Waals surface area contributed by atoms with E-state index in [2.05, 4.69) is 53.6 Å². The zero-order valence-electron chi connectivity index (χ0n) is 13.9. The third-order valence-electron chi connectivity index (χ3n) is 4.26. The number of benzene rings is 2. The minimum atomic E-state index is -0.0377. The standard InChI is InChI=1S/C21H18N2OS/c1-14-6-8-15(9-7-14)18-10-11-25-20(18)21(24)22-13-17-12-16-4-2-3-5-19(16)23-17/h2-12,23H,13H2,1H3,(H,22,24). The first-order chi connectivity index (χ1) is 12.2. The summed E-state index contributed by atoms with van der Waals surface area (Å²) in [4.78, 5) is 16.7. The molecule has 4 heteroatoms. The highest BCUT2D eigenvalue weighted by molar-refractivity contribution is 7.12. The van der Waals surface area contributed by atoms with Gasteiger partial charge in [-0.2, -0.15) is 0 Å². The largest absolute Gasteiger partial charge is 0.357 e. The minimum absolute atomic E-state index is 0.0377. The number of hydrogen-bond donors (Lipinski definition) is 2. The third kappa shape index (κ3) is 3.21. The summed E-state index contributed by atoms with van der Waals surface area (Å²) in [6.45, 7) is 2.55. The molecule has 0 spiro atoms. The fourth-order valence-corrected chi connectivity index (χ4v) is 3.76. The van der Waals surface area contributed by atoms with Crippen molar-refractivity contribution in [1.29, 1.82) is 0 Å². The number of hydrogen-bond acceptors (Lipinski definition) is 2. The van der Waals surface area contributed by atoms with Gasteiger partial charge in [0.25, 0.3) is 5.91 Å². The quantitative estimate of drug-likeness (QED) is 0.528. The summed E-state index contributed by atoms with van der Waals surface area (Å²) in [6, 6.07) is 20.5. The summed E-state index contributed by atoms with van der Waals surface area (Å²) in [6.07, 6.45) is 0. The maximum Gasteiger partial charge on any atom is 0.262 e. The van der Waals surface area contributed by atoms with Crippen molar-refractivity contribution in [2.45, 2.75) is 13.5 Å². The number of H-pyrrole nitrogens is 1. The zero-order valence-corrected chi connectivity index (χ0v) is 14.7. The van der Waals surface area contributed by atoms with E-state index >= 15 is 0 Å². The SMILES string of the molecule is Cc1ccc(-c2ccsc2C(=O)NCc2cc3ccccc3[nH]2)cc1. The molecule has 3 nitrogen and oxygen atoms in total. The van der Waals surface area contributed by atoms with Crippen LogP contribution in [0.2, 0.25) is 0 Å². The van der Waals surface area contributed by atoms with Gasteiger partial charge in [0.2, 0.25) is 0 Å². The summed E-state index contributed by atoms with van der Waals surface area (Å²) in [5, 5.41) is 6.15. The Hall–Kier alpha value is -2.85. The number of aryl methyl sites for hydroxylation is 1. The Labute approximate surface area is 150 Å². The van der Waals surface area contributed by atoms with Crippen LogP contribution in [0.5, 0.6) is 0 Å². The van der Waals surface area contributed by atoms with Crippen LogP contribution in [0.25, 0.3) is 22.0 Å². The number of fused-ring (bicyclic) bond motifs is 1. The normalized spacial score (nSPS) is 10.9. The lowest BCUT2D eigenvalue weighted by Gasteiger charge is -2.06. The van der Waals surface area contributed by atoms with Crippen LogP contribution >= 0.6 is 11.3 Å². The average molecular weight is 346 g/mol. The maximum absolute atomic E-state index is 12.6. The molecule has 0 aliphatic heterocycles. The van der Waals surface area contributed by atoms with Crippen molar-refractivity contribution < 1.29 is 4.79 Å². The topological polar surface area (TPSA) is 44.9 Å². The predicted octanol–water partition coefficient (Wildman–Crippen LogP) is 5.13. The molecule has 2 aromatic carbocycles. The van der Waals surface area contributed by atoms with Crippen LogP contribution in [0.15, 0.2) is 66.0 Å². The second-order valence-corrected chi connectivity index (χ2v) is 7.01. The number of carbonyl (C=O) groups is 1. The van der Waals surface area contributed by atoms with Gasteiger partial charge in [0.1, 0.15) is 0 Å². The second kappa shape index (κ2) is 6.57. The summed E-state index contributed by atoms with van der Waals surface area (Å²) >= 11 is 1.47. The number of nitrogens with one attached hydrogen (secondary N) is 2. The number of aromatic amines is 1. The minimum Gasteiger partial charge on any atom is -0.357 e. The van der Waals surface area contributed by atoms with Gasteiger partial charge in [-0.05, 0) is 41.5 Å². The molecule has 0 unspecified atom stereocenters. The van der Waals surface area contributed by atoms with Crippen molar-refractivity contribution in [3.05, 3.63) is 82.2 Å². The van der Waals surface area contributed by atoms with Crippen molar-refractivity contribution in [3.8, 4) is 11.1 Å². The Morgan fingerprint density at radius 2 is 1.88 bits per heavy atom. The Morgan fingerprint density at radius 1 is 1.08 bits per heavy atom. The zero-order chi connectivity index (χ0) is 17.2. The lowest BCUT2D eigenvalue weighted by Crippen LogP contribution is -2.22. The van der Waals surface area contributed by atoms with Crippen LogP contribution in [0.3, 0.4) is 0 Å². The first-order valence-electron chi connectivity index (χ1n) is 8.20. The summed E-state index contributed by atoms with van der Waals surface area (Å²) in [5.41, 5.74) is 5.36. The Bertz CT molecular complexity index is 994. The number of thiophene rings is 1. The molecule has 2 N–H and O–H groups in total. The van der Waals surface area contributed by atoms with E-state index in [9.17, 15) is 4.79 Å². The number of rotatable bonds is 4. The van der Waals surface area contributed by atoms with Gasteiger partial charge >= 0.3 is 0 Å². The van der Waals surface area contributed by atoms with Crippen LogP contribution in [-0.2, 0) is 6.54 Å². The highest BCUT2D eigenvalue weighted by Gasteiger charge is 2.14. The molecule has 2 aromatic heterocycles. The van der Waals surface area contributed by atoms with Gasteiger partial charge < -0.3 is 10.3 Å². The molecule has 4 aromatic rings. The van der Waals surface area contributed by atoms with E-state index in [1.807, 2.05) is 29.6 Å². The maximum atomic E-state index is 12.6. The molecule has 0 aliphatic carbocycles. The van der Waals surface area contributed by atoms with E-state index in [0.717, 1.165) is 32.6 Å². The van der Waals surface area contributed by atoms with Crippen molar-refractivity contribution in [3.63, 3.8) is 0 Å². The molecular weight excluding hydrogens is 328 g/mol. The Kier molecular flexibility index (Phi) is 4.12. The molecule has 1 amide bonds. The smallest absolute Gasteiger partial charge is 0.262 e. The summed E-state index contributed by atoms with van der Waals surface area (Å²) < 4.78 is 0. The van der Waals surface area contributed by atoms with E-state index in [0.29, 0.717) is 6.54 Å². The van der Waals surface area contributed by atoms with E-state index in [-0.39, 0.29) is 5.91 Å². The monoisotopic (exact) mass is 346 g/mol. The molecule has 0 radical (unpaired) electrons. The number of carbonyl (C=O) groups excluding carboxylic acids is 1. The molecule has 0 aliphatic rings. The molecule has 0 atom stereocenters. The van der Waals surface area contributed by atoms with Gasteiger partial charge in [0.05, 0.1) is 11.4 Å². The number of amides is 1. The van der Waals surface area contributed by atoms with E-state index in [1.165, 1.54) is 16.9 Å². The Balaban J connectivity index is 1.52. The van der Waals surface area contributed by atoms with E-state index < -0.39 is 0 Å². The molecule has 0 bridgehead atoms. The molecule has 2 heterocycles. The number of aromatic nitrogens is 1. The molecule has 4 rings (SSSR count). The van der Waals surface area contributed by atoms with Gasteiger partial charge in [-0.3, -0.25) is 4.79 Å². The molecule has 0 saturated heterocycles. The van der Waals surface area contributed by atoms with Crippen LogP contribution in [0.4, 0.5) is 0 Å². The average Bonchev–Trinajstić information content (AvgIpc) is 3.27. The van der Waals surface area contributed by atoms with Crippen LogP contribution in [-0.4, -0.2) is 10.9 Å². The van der Waals surface area contributed by atoms with Gasteiger partial charge in [-0.1, -0.05) is 48.0 Å². The second-order valence-electron chi connectivity index (χ2n) is 6.09. The molecule has 0 saturated carbocycles. The van der Waals surface area contributed by atoms with Crippen molar-refractivity contribution in [1.82, 2.24) is 10.3 Å². The first-order valence-corrected chi connectivity index (χ1v) is 9.08. The van der Waals surface area contributed by atoms with Gasteiger partial charge in [0.15, 0.2) is 0 Å². The lowest BCUT2D eigenvalue weighted by atomic mass is 10.0. The summed E-state index contributed by atoms with van der Waals surface area (Å²) in [5.74, 6) is -0.0377. The van der Waals surface area contributed by atoms with Crippen LogP contribution in [0, 0.1) is 6.92 Å². The van der Waals surface area contributed by atoms with Gasteiger partial charge in [0, 0.05) is 16.8 Å². The fraction of sp³-hybridized carbons (Fsp3) is 0.0952. The predicted molar refractivity (Wildman–Crippen MR) is 104 cm³/mol. The summed E-state index contributed by atoms with van der Waals surface area (Å²) in [7, 11) is 0. The molecular formula is C21H18N2OS. The fourth-order valence-electron chi connectivity index (χ4n) is 2.93. The third-order valence-corrected chi connectivity index (χ3v) is 5.17. The molecule has 124 valence electrons.